The van der Waals surface area contributed by atoms with E-state index in [1.807, 2.05) is 11.8 Å². The van der Waals surface area contributed by atoms with Crippen molar-refractivity contribution in [2.45, 2.75) is 44.7 Å². The number of rotatable bonds is 4. The molecule has 2 N–H and O–H groups in total. The van der Waals surface area contributed by atoms with Gasteiger partial charge in [-0.3, -0.25) is 9.59 Å². The van der Waals surface area contributed by atoms with Crippen molar-refractivity contribution in [3.63, 3.8) is 0 Å². The predicted octanol–water partition coefficient (Wildman–Crippen LogP) is 2.43. The Hall–Kier alpha value is -1.79. The van der Waals surface area contributed by atoms with Crippen LogP contribution in [-0.2, 0) is 9.59 Å². The van der Waals surface area contributed by atoms with Gasteiger partial charge in [0, 0.05) is 36.6 Å². The van der Waals surface area contributed by atoms with E-state index in [1.165, 1.54) is 0 Å². The van der Waals surface area contributed by atoms with Crippen molar-refractivity contribution in [1.82, 2.24) is 4.90 Å². The number of hydrogen-bond acceptors (Lipinski definition) is 4. The Morgan fingerprint density at radius 3 is 2.85 bits per heavy atom. The van der Waals surface area contributed by atoms with Crippen LogP contribution in [0.15, 0.2) is 18.2 Å². The van der Waals surface area contributed by atoms with E-state index in [2.05, 4.69) is 0 Å². The maximum absolute atomic E-state index is 13.1. The van der Waals surface area contributed by atoms with Crippen molar-refractivity contribution in [1.29, 1.82) is 0 Å². The molecule has 2 heterocycles. The molecule has 3 unspecified atom stereocenters. The Labute approximate surface area is 159 Å². The second-order valence-electron chi connectivity index (χ2n) is 7.18. The summed E-state index contributed by atoms with van der Waals surface area (Å²) in [4.78, 5) is 29.2. The second kappa shape index (κ2) is 7.84. The first-order valence-electron chi connectivity index (χ1n) is 9.12. The third-order valence-corrected chi connectivity index (χ3v) is 5.58. The lowest BCUT2D eigenvalue weighted by atomic mass is 9.94. The van der Waals surface area contributed by atoms with Crippen molar-refractivity contribution in [3.05, 3.63) is 23.2 Å². The predicted molar refractivity (Wildman–Crippen MR) is 101 cm³/mol. The molecule has 2 aliphatic heterocycles. The molecule has 1 aromatic rings. The third kappa shape index (κ3) is 3.67. The van der Waals surface area contributed by atoms with E-state index in [4.69, 9.17) is 22.1 Å². The Morgan fingerprint density at radius 1 is 1.38 bits per heavy atom. The summed E-state index contributed by atoms with van der Waals surface area (Å²) in [5.74, 6) is 0.162. The van der Waals surface area contributed by atoms with Crippen LogP contribution in [0.2, 0.25) is 5.02 Å². The Balaban J connectivity index is 1.79. The van der Waals surface area contributed by atoms with Gasteiger partial charge in [-0.25, -0.2) is 0 Å². The van der Waals surface area contributed by atoms with E-state index in [-0.39, 0.29) is 36.2 Å². The minimum absolute atomic E-state index is 0.0313. The lowest BCUT2D eigenvalue weighted by Gasteiger charge is -2.39. The van der Waals surface area contributed by atoms with Gasteiger partial charge in [0.25, 0.3) is 0 Å². The molecule has 0 saturated carbocycles. The summed E-state index contributed by atoms with van der Waals surface area (Å²) in [5, 5.41) is 0.524. The number of methoxy groups -OCH3 is 1. The highest BCUT2D eigenvalue weighted by atomic mass is 35.5. The zero-order valence-electron chi connectivity index (χ0n) is 15.3. The molecule has 0 spiro atoms. The number of piperidine rings is 1. The molecule has 0 aliphatic carbocycles. The molecule has 1 aromatic carbocycles. The number of halogens is 1. The smallest absolute Gasteiger partial charge is 0.228 e. The summed E-state index contributed by atoms with van der Waals surface area (Å²) in [6.45, 7) is 3.01. The lowest BCUT2D eigenvalue weighted by molar-refractivity contribution is -0.139. The van der Waals surface area contributed by atoms with Crippen LogP contribution in [0.3, 0.4) is 0 Å². The Bertz CT molecular complexity index is 695. The molecule has 26 heavy (non-hydrogen) atoms. The van der Waals surface area contributed by atoms with E-state index < -0.39 is 0 Å². The first kappa shape index (κ1) is 19.0. The summed E-state index contributed by atoms with van der Waals surface area (Å²) >= 11 is 6.09. The SMILES string of the molecule is COc1ccc(Cl)cc1N1CC(C(=O)N2CCCCC2C(C)N)CC1=O. The van der Waals surface area contributed by atoms with E-state index in [1.54, 1.807) is 30.2 Å². The molecule has 2 amide bonds. The minimum atomic E-state index is -0.356. The average molecular weight is 380 g/mol. The summed E-state index contributed by atoms with van der Waals surface area (Å²) < 4.78 is 5.36. The Morgan fingerprint density at radius 2 is 2.15 bits per heavy atom. The summed E-state index contributed by atoms with van der Waals surface area (Å²) in [6, 6.07) is 5.14. The number of nitrogens with two attached hydrogens (primary N) is 1. The molecule has 3 rings (SSSR count). The van der Waals surface area contributed by atoms with Gasteiger partial charge in [-0.2, -0.15) is 0 Å². The highest BCUT2D eigenvalue weighted by molar-refractivity contribution is 6.31. The van der Waals surface area contributed by atoms with Gasteiger partial charge in [0.15, 0.2) is 0 Å². The van der Waals surface area contributed by atoms with Gasteiger partial charge < -0.3 is 20.3 Å². The molecule has 6 nitrogen and oxygen atoms in total. The first-order valence-corrected chi connectivity index (χ1v) is 9.50. The van der Waals surface area contributed by atoms with Crippen molar-refractivity contribution in [2.75, 3.05) is 25.1 Å². The summed E-state index contributed by atoms with van der Waals surface area (Å²) in [6.07, 6.45) is 3.21. The van der Waals surface area contributed by atoms with Gasteiger partial charge in [0.1, 0.15) is 5.75 Å². The normalized spacial score (nSPS) is 24.7. The molecular weight excluding hydrogens is 354 g/mol. The van der Waals surface area contributed by atoms with Gasteiger partial charge in [0.05, 0.1) is 18.7 Å². The van der Waals surface area contributed by atoms with Crippen LogP contribution < -0.4 is 15.4 Å². The topological polar surface area (TPSA) is 75.9 Å². The number of nitrogens with zero attached hydrogens (tertiary/aromatic N) is 2. The van der Waals surface area contributed by atoms with Crippen LogP contribution in [0.4, 0.5) is 5.69 Å². The zero-order chi connectivity index (χ0) is 18.8. The molecule has 0 radical (unpaired) electrons. The second-order valence-corrected chi connectivity index (χ2v) is 7.61. The van der Waals surface area contributed by atoms with Gasteiger partial charge in [-0.15, -0.1) is 0 Å². The lowest BCUT2D eigenvalue weighted by Crippen LogP contribution is -2.53. The monoisotopic (exact) mass is 379 g/mol. The van der Waals surface area contributed by atoms with Crippen molar-refractivity contribution >= 4 is 29.1 Å². The molecule has 2 fully saturated rings. The molecule has 2 saturated heterocycles. The summed E-state index contributed by atoms with van der Waals surface area (Å²) in [7, 11) is 1.55. The highest BCUT2D eigenvalue weighted by Crippen LogP contribution is 2.36. The molecule has 0 bridgehead atoms. The standard InChI is InChI=1S/C19H26ClN3O3/c1-12(21)15-5-3-4-8-22(15)19(25)13-9-18(24)23(11-13)16-10-14(20)6-7-17(16)26-2/h6-7,10,12-13,15H,3-5,8-9,11,21H2,1-2H3. The van der Waals surface area contributed by atoms with Gasteiger partial charge in [0.2, 0.25) is 11.8 Å². The number of anilines is 1. The fraction of sp³-hybridized carbons (Fsp3) is 0.579. The molecule has 2 aliphatic rings. The van der Waals surface area contributed by atoms with E-state index >= 15 is 0 Å². The van der Waals surface area contributed by atoms with Crippen molar-refractivity contribution in [3.8, 4) is 5.75 Å². The number of benzene rings is 1. The van der Waals surface area contributed by atoms with Gasteiger partial charge >= 0.3 is 0 Å². The molecule has 0 aromatic heterocycles. The van der Waals surface area contributed by atoms with Crippen LogP contribution in [0.25, 0.3) is 0 Å². The highest BCUT2D eigenvalue weighted by Gasteiger charge is 2.40. The maximum Gasteiger partial charge on any atom is 0.228 e. The number of carbonyl (C=O) groups is 2. The van der Waals surface area contributed by atoms with Crippen LogP contribution >= 0.6 is 11.6 Å². The van der Waals surface area contributed by atoms with Crippen LogP contribution in [-0.4, -0.2) is 49.0 Å². The number of hydrogen-bond donors (Lipinski definition) is 1. The Kier molecular flexibility index (Phi) is 5.73. The fourth-order valence-electron chi connectivity index (χ4n) is 3.99. The van der Waals surface area contributed by atoms with Crippen LogP contribution in [0.1, 0.15) is 32.6 Å². The largest absolute Gasteiger partial charge is 0.495 e. The van der Waals surface area contributed by atoms with Crippen molar-refractivity contribution in [2.24, 2.45) is 11.7 Å². The average Bonchev–Trinajstić information content (AvgIpc) is 3.02. The van der Waals surface area contributed by atoms with E-state index in [0.717, 1.165) is 25.8 Å². The van der Waals surface area contributed by atoms with Crippen LogP contribution in [0.5, 0.6) is 5.75 Å². The van der Waals surface area contributed by atoms with Gasteiger partial charge in [-0.05, 0) is 44.4 Å². The first-order chi connectivity index (χ1) is 12.4. The summed E-state index contributed by atoms with van der Waals surface area (Å²) in [5.41, 5.74) is 6.71. The molecule has 3 atom stereocenters. The molecule has 7 heteroatoms. The molecular formula is C19H26ClN3O3. The zero-order valence-corrected chi connectivity index (χ0v) is 16.0. The molecule has 142 valence electrons. The van der Waals surface area contributed by atoms with Gasteiger partial charge in [-0.1, -0.05) is 11.6 Å². The van der Waals surface area contributed by atoms with E-state index in [0.29, 0.717) is 23.0 Å². The number of amides is 2. The van der Waals surface area contributed by atoms with Crippen molar-refractivity contribution < 1.29 is 14.3 Å². The number of carbonyl (C=O) groups excluding carboxylic acids is 2. The minimum Gasteiger partial charge on any atom is -0.495 e. The number of likely N-dealkylation sites (tertiary alicyclic amines) is 1. The fourth-order valence-corrected chi connectivity index (χ4v) is 4.16. The maximum atomic E-state index is 13.1. The number of ether oxygens (including phenoxy) is 1. The quantitative estimate of drug-likeness (QED) is 0.871. The van der Waals surface area contributed by atoms with Crippen LogP contribution in [0, 0.1) is 5.92 Å². The van der Waals surface area contributed by atoms with E-state index in [9.17, 15) is 9.59 Å². The third-order valence-electron chi connectivity index (χ3n) is 5.35.